The van der Waals surface area contributed by atoms with Crippen molar-refractivity contribution in [1.29, 1.82) is 0 Å². The second kappa shape index (κ2) is 7.69. The Hall–Kier alpha value is -2.01. The number of hydrogen-bond donors (Lipinski definition) is 1. The molecule has 2 aromatic rings. The van der Waals surface area contributed by atoms with Crippen LogP contribution in [0.15, 0.2) is 30.5 Å². The van der Waals surface area contributed by atoms with Gasteiger partial charge in [-0.25, -0.2) is 0 Å². The molecule has 0 amide bonds. The summed E-state index contributed by atoms with van der Waals surface area (Å²) in [6.07, 6.45) is 1.81. The van der Waals surface area contributed by atoms with Gasteiger partial charge in [-0.1, -0.05) is 6.07 Å². The molecule has 1 aromatic heterocycles. The normalized spacial score (nSPS) is 10.6. The van der Waals surface area contributed by atoms with Gasteiger partial charge < -0.3 is 14.8 Å². The van der Waals surface area contributed by atoms with Crippen molar-refractivity contribution in [2.75, 3.05) is 13.2 Å². The van der Waals surface area contributed by atoms with Gasteiger partial charge >= 0.3 is 0 Å². The van der Waals surface area contributed by atoms with Crippen molar-refractivity contribution in [2.45, 2.75) is 26.9 Å². The monoisotopic (exact) mass is 289 g/mol. The molecule has 0 radical (unpaired) electrons. The molecule has 0 saturated heterocycles. The lowest BCUT2D eigenvalue weighted by Crippen LogP contribution is -2.15. The first kappa shape index (κ1) is 15.4. The van der Waals surface area contributed by atoms with Crippen molar-refractivity contribution >= 4 is 0 Å². The predicted molar refractivity (Wildman–Crippen MR) is 82.5 cm³/mol. The molecule has 0 aliphatic carbocycles. The third-order valence-corrected chi connectivity index (χ3v) is 3.17. The molecular weight excluding hydrogens is 266 g/mol. The molecule has 0 spiro atoms. The van der Waals surface area contributed by atoms with Gasteiger partial charge in [0.15, 0.2) is 11.5 Å². The smallest absolute Gasteiger partial charge is 0.161 e. The summed E-state index contributed by atoms with van der Waals surface area (Å²) < 4.78 is 13.1. The predicted octanol–water partition coefficient (Wildman–Crippen LogP) is 2.51. The third-order valence-electron chi connectivity index (χ3n) is 3.17. The number of nitrogens with zero attached hydrogens (tertiary/aromatic N) is 2. The summed E-state index contributed by atoms with van der Waals surface area (Å²) in [5.41, 5.74) is 2.33. The molecule has 1 N–H and O–H groups in total. The van der Waals surface area contributed by atoms with E-state index in [1.807, 2.05) is 43.8 Å². The number of ether oxygens (including phenoxy) is 2. The fraction of sp³-hybridized carbons (Fsp3) is 0.438. The first-order valence-corrected chi connectivity index (χ1v) is 7.30. The van der Waals surface area contributed by atoms with E-state index in [9.17, 15) is 0 Å². The fourth-order valence-electron chi connectivity index (χ4n) is 2.12. The van der Waals surface area contributed by atoms with Crippen molar-refractivity contribution in [3.8, 4) is 11.5 Å². The highest BCUT2D eigenvalue weighted by Gasteiger charge is 2.06. The lowest BCUT2D eigenvalue weighted by Gasteiger charge is -2.13. The first-order valence-electron chi connectivity index (χ1n) is 7.30. The highest BCUT2D eigenvalue weighted by Crippen LogP contribution is 2.28. The van der Waals surface area contributed by atoms with Crippen LogP contribution >= 0.6 is 0 Å². The van der Waals surface area contributed by atoms with Crippen molar-refractivity contribution in [3.63, 3.8) is 0 Å². The van der Waals surface area contributed by atoms with Crippen molar-refractivity contribution in [1.82, 2.24) is 15.1 Å². The van der Waals surface area contributed by atoms with Crippen LogP contribution in [0.3, 0.4) is 0 Å². The second-order valence-corrected chi connectivity index (χ2v) is 4.70. The summed E-state index contributed by atoms with van der Waals surface area (Å²) in [4.78, 5) is 0. The number of aromatic nitrogens is 2. The van der Waals surface area contributed by atoms with Gasteiger partial charge in [0, 0.05) is 26.3 Å². The molecule has 0 bridgehead atoms. The molecule has 0 unspecified atom stereocenters. The Morgan fingerprint density at radius 3 is 2.48 bits per heavy atom. The van der Waals surface area contributed by atoms with Crippen LogP contribution < -0.4 is 14.8 Å². The van der Waals surface area contributed by atoms with Crippen molar-refractivity contribution in [3.05, 3.63) is 41.7 Å². The van der Waals surface area contributed by atoms with E-state index in [0.29, 0.717) is 13.2 Å². The van der Waals surface area contributed by atoms with E-state index < -0.39 is 0 Å². The number of hydrogen-bond acceptors (Lipinski definition) is 4. The zero-order valence-corrected chi connectivity index (χ0v) is 12.9. The Bertz CT molecular complexity index is 566. The van der Waals surface area contributed by atoms with Gasteiger partial charge in [-0.05, 0) is 37.6 Å². The van der Waals surface area contributed by atoms with Crippen LogP contribution in [0.5, 0.6) is 11.5 Å². The maximum Gasteiger partial charge on any atom is 0.161 e. The average molecular weight is 289 g/mol. The van der Waals surface area contributed by atoms with Crippen LogP contribution in [0.4, 0.5) is 0 Å². The molecule has 114 valence electrons. The molecule has 21 heavy (non-hydrogen) atoms. The molecule has 0 fully saturated rings. The van der Waals surface area contributed by atoms with E-state index in [0.717, 1.165) is 30.3 Å². The maximum atomic E-state index is 5.63. The average Bonchev–Trinajstić information content (AvgIpc) is 2.88. The maximum absolute atomic E-state index is 5.63. The largest absolute Gasteiger partial charge is 0.490 e. The Morgan fingerprint density at radius 1 is 1.05 bits per heavy atom. The molecule has 5 heteroatoms. The third kappa shape index (κ3) is 4.23. The SMILES string of the molecule is CCOc1ccc(CNCc2ccnn2C)cc1OCC. The summed E-state index contributed by atoms with van der Waals surface area (Å²) in [7, 11) is 1.95. The molecule has 0 aliphatic rings. The zero-order valence-electron chi connectivity index (χ0n) is 12.9. The molecule has 0 saturated carbocycles. The van der Waals surface area contributed by atoms with Gasteiger partial charge in [0.25, 0.3) is 0 Å². The Kier molecular flexibility index (Phi) is 5.63. The fourth-order valence-corrected chi connectivity index (χ4v) is 2.12. The Morgan fingerprint density at radius 2 is 1.81 bits per heavy atom. The minimum atomic E-state index is 0.631. The number of nitrogens with one attached hydrogen (secondary N) is 1. The minimum absolute atomic E-state index is 0.631. The standard InChI is InChI=1S/C16H23N3O2/c1-4-20-15-7-6-13(10-16(15)21-5-2)11-17-12-14-8-9-18-19(14)3/h6-10,17H,4-5,11-12H2,1-3H3. The summed E-state index contributed by atoms with van der Waals surface area (Å²) in [5, 5.41) is 7.56. The van der Waals surface area contributed by atoms with Crippen molar-refractivity contribution in [2.24, 2.45) is 7.05 Å². The highest BCUT2D eigenvalue weighted by molar-refractivity contribution is 5.43. The molecule has 0 aliphatic heterocycles. The summed E-state index contributed by atoms with van der Waals surface area (Å²) in [6.45, 7) is 6.78. The lowest BCUT2D eigenvalue weighted by molar-refractivity contribution is 0.287. The molecule has 5 nitrogen and oxygen atoms in total. The van der Waals surface area contributed by atoms with Gasteiger partial charge in [-0.15, -0.1) is 0 Å². The van der Waals surface area contributed by atoms with Crippen LogP contribution in [0, 0.1) is 0 Å². The van der Waals surface area contributed by atoms with E-state index in [2.05, 4.69) is 16.5 Å². The van der Waals surface area contributed by atoms with Crippen LogP contribution in [-0.2, 0) is 20.1 Å². The topological polar surface area (TPSA) is 48.3 Å². The second-order valence-electron chi connectivity index (χ2n) is 4.70. The van der Waals surface area contributed by atoms with Gasteiger partial charge in [-0.2, -0.15) is 5.10 Å². The van der Waals surface area contributed by atoms with Crippen LogP contribution in [0.2, 0.25) is 0 Å². The summed E-state index contributed by atoms with van der Waals surface area (Å²) in [5.74, 6) is 1.61. The van der Waals surface area contributed by atoms with E-state index in [4.69, 9.17) is 9.47 Å². The van der Waals surface area contributed by atoms with E-state index >= 15 is 0 Å². The Labute approximate surface area is 125 Å². The van der Waals surface area contributed by atoms with Gasteiger partial charge in [-0.3, -0.25) is 4.68 Å². The van der Waals surface area contributed by atoms with Crippen molar-refractivity contribution < 1.29 is 9.47 Å². The van der Waals surface area contributed by atoms with Crippen LogP contribution in [0.1, 0.15) is 25.1 Å². The highest BCUT2D eigenvalue weighted by atomic mass is 16.5. The van der Waals surface area contributed by atoms with Crippen LogP contribution in [0.25, 0.3) is 0 Å². The summed E-state index contributed by atoms with van der Waals surface area (Å²) in [6, 6.07) is 8.07. The van der Waals surface area contributed by atoms with Gasteiger partial charge in [0.1, 0.15) is 0 Å². The molecule has 2 rings (SSSR count). The molecule has 0 atom stereocenters. The van der Waals surface area contributed by atoms with E-state index in [1.165, 1.54) is 5.56 Å². The number of rotatable bonds is 8. The van der Waals surface area contributed by atoms with E-state index in [1.54, 1.807) is 6.20 Å². The lowest BCUT2D eigenvalue weighted by atomic mass is 10.2. The number of aryl methyl sites for hydroxylation is 1. The molecule has 1 aromatic carbocycles. The molecule has 1 heterocycles. The number of benzene rings is 1. The minimum Gasteiger partial charge on any atom is -0.490 e. The summed E-state index contributed by atoms with van der Waals surface area (Å²) >= 11 is 0. The zero-order chi connectivity index (χ0) is 15.1. The van der Waals surface area contributed by atoms with Gasteiger partial charge in [0.2, 0.25) is 0 Å². The Balaban J connectivity index is 1.96. The van der Waals surface area contributed by atoms with Crippen LogP contribution in [-0.4, -0.2) is 23.0 Å². The first-order chi connectivity index (χ1) is 10.2. The van der Waals surface area contributed by atoms with Gasteiger partial charge in [0.05, 0.1) is 18.9 Å². The molecular formula is C16H23N3O2. The quantitative estimate of drug-likeness (QED) is 0.811. The van der Waals surface area contributed by atoms with E-state index in [-0.39, 0.29) is 0 Å².